The Labute approximate surface area is 159 Å². The van der Waals surface area contributed by atoms with Crippen LogP contribution in [0.15, 0.2) is 42.5 Å². The molecule has 0 radical (unpaired) electrons. The van der Waals surface area contributed by atoms with Crippen LogP contribution < -0.4 is 0 Å². The second-order valence-corrected chi connectivity index (χ2v) is 8.29. The van der Waals surface area contributed by atoms with Crippen LogP contribution in [0.3, 0.4) is 0 Å². The van der Waals surface area contributed by atoms with Gasteiger partial charge in [0.05, 0.1) is 0 Å². The molecule has 2 nitrogen and oxygen atoms in total. The largest absolute Gasteiger partial charge is 0.301 e. The Bertz CT molecular complexity index is 682. The summed E-state index contributed by atoms with van der Waals surface area (Å²) in [5.74, 6) is 0. The van der Waals surface area contributed by atoms with Crippen molar-refractivity contribution in [2.24, 2.45) is 0 Å². The Kier molecular flexibility index (Phi) is 6.24. The van der Waals surface area contributed by atoms with Gasteiger partial charge < -0.3 is 4.90 Å². The molecule has 0 saturated carbocycles. The highest BCUT2D eigenvalue weighted by molar-refractivity contribution is 5.85. The zero-order valence-electron chi connectivity index (χ0n) is 16.2. The summed E-state index contributed by atoms with van der Waals surface area (Å²) in [5.41, 5.74) is 1.51. The Hall–Kier alpha value is -1.38. The third-order valence-electron chi connectivity index (χ3n) is 6.46. The van der Waals surface area contributed by atoms with Gasteiger partial charge in [0.2, 0.25) is 0 Å². The fraction of sp³-hybridized carbons (Fsp3) is 0.583. The normalized spacial score (nSPS) is 23.6. The molecule has 2 aromatic carbocycles. The van der Waals surface area contributed by atoms with Crippen molar-refractivity contribution in [2.45, 2.75) is 57.4 Å². The van der Waals surface area contributed by atoms with E-state index >= 15 is 0 Å². The van der Waals surface area contributed by atoms with Crippen molar-refractivity contribution < 1.29 is 0 Å². The van der Waals surface area contributed by atoms with Crippen LogP contribution in [0.5, 0.6) is 0 Å². The molecule has 0 aromatic heterocycles. The summed E-state index contributed by atoms with van der Waals surface area (Å²) in [6, 6.07) is 16.4. The molecule has 2 fully saturated rings. The Morgan fingerprint density at radius 2 is 1.54 bits per heavy atom. The van der Waals surface area contributed by atoms with Crippen molar-refractivity contribution in [3.63, 3.8) is 0 Å². The van der Waals surface area contributed by atoms with Gasteiger partial charge in [0.15, 0.2) is 0 Å². The molecule has 140 valence electrons. The van der Waals surface area contributed by atoms with E-state index in [0.29, 0.717) is 0 Å². The summed E-state index contributed by atoms with van der Waals surface area (Å²) in [6.07, 6.45) is 11.1. The van der Waals surface area contributed by atoms with Crippen molar-refractivity contribution in [1.82, 2.24) is 9.80 Å². The number of fused-ring (bicyclic) bond motifs is 1. The first-order chi connectivity index (χ1) is 12.9. The summed E-state index contributed by atoms with van der Waals surface area (Å²) in [4.78, 5) is 5.58. The minimum atomic E-state index is 0.795. The predicted octanol–water partition coefficient (Wildman–Crippen LogP) is 5.11. The van der Waals surface area contributed by atoms with E-state index < -0.39 is 0 Å². The van der Waals surface area contributed by atoms with Gasteiger partial charge in [-0.3, -0.25) is 4.90 Å². The molecule has 0 spiro atoms. The second kappa shape index (κ2) is 9.01. The van der Waals surface area contributed by atoms with E-state index in [1.54, 1.807) is 0 Å². The summed E-state index contributed by atoms with van der Waals surface area (Å²) in [6.45, 7) is 6.45. The first kappa shape index (κ1) is 18.0. The lowest BCUT2D eigenvalue weighted by atomic mass is 10.0. The number of hydrogen-bond donors (Lipinski definition) is 0. The van der Waals surface area contributed by atoms with Gasteiger partial charge in [0.1, 0.15) is 0 Å². The van der Waals surface area contributed by atoms with E-state index in [4.69, 9.17) is 0 Å². The number of likely N-dealkylation sites (tertiary alicyclic amines) is 2. The minimum absolute atomic E-state index is 0.795. The van der Waals surface area contributed by atoms with E-state index in [9.17, 15) is 0 Å². The van der Waals surface area contributed by atoms with Gasteiger partial charge in [-0.05, 0) is 68.1 Å². The van der Waals surface area contributed by atoms with E-state index in [1.807, 2.05) is 0 Å². The third-order valence-corrected chi connectivity index (χ3v) is 6.46. The maximum Gasteiger partial charge on any atom is 0.0223 e. The Morgan fingerprint density at radius 3 is 2.42 bits per heavy atom. The molecule has 0 bridgehead atoms. The average Bonchev–Trinajstić information content (AvgIpc) is 3.09. The van der Waals surface area contributed by atoms with Crippen LogP contribution in [0.2, 0.25) is 0 Å². The van der Waals surface area contributed by atoms with E-state index in [1.165, 1.54) is 100 Å². The maximum atomic E-state index is 2.82. The Morgan fingerprint density at radius 1 is 0.769 bits per heavy atom. The molecule has 2 aromatic rings. The van der Waals surface area contributed by atoms with Crippen LogP contribution in [0, 0.1) is 0 Å². The molecule has 2 heterocycles. The first-order valence-corrected chi connectivity index (χ1v) is 10.8. The second-order valence-electron chi connectivity index (χ2n) is 8.29. The molecule has 2 saturated heterocycles. The van der Waals surface area contributed by atoms with Crippen LogP contribution >= 0.6 is 0 Å². The fourth-order valence-electron chi connectivity index (χ4n) is 4.95. The van der Waals surface area contributed by atoms with Crippen LogP contribution in [-0.2, 0) is 6.42 Å². The van der Waals surface area contributed by atoms with Crippen molar-refractivity contribution in [3.8, 4) is 0 Å². The van der Waals surface area contributed by atoms with E-state index in [2.05, 4.69) is 52.3 Å². The van der Waals surface area contributed by atoms with E-state index in [-0.39, 0.29) is 0 Å². The highest BCUT2D eigenvalue weighted by Gasteiger charge is 2.24. The van der Waals surface area contributed by atoms with Crippen LogP contribution in [0.1, 0.15) is 50.5 Å². The van der Waals surface area contributed by atoms with Gasteiger partial charge >= 0.3 is 0 Å². The molecule has 4 rings (SSSR count). The highest BCUT2D eigenvalue weighted by Crippen LogP contribution is 2.22. The van der Waals surface area contributed by atoms with Crippen LogP contribution in [0.25, 0.3) is 10.8 Å². The van der Waals surface area contributed by atoms with Crippen LogP contribution in [0.4, 0.5) is 0 Å². The van der Waals surface area contributed by atoms with Crippen LogP contribution in [-0.4, -0.2) is 48.6 Å². The molecule has 2 aliphatic heterocycles. The average molecular weight is 351 g/mol. The molecule has 2 aliphatic rings. The lowest BCUT2D eigenvalue weighted by Crippen LogP contribution is -2.43. The number of nitrogens with zero attached hydrogens (tertiary/aromatic N) is 2. The van der Waals surface area contributed by atoms with Gasteiger partial charge in [0.25, 0.3) is 0 Å². The SMILES string of the molecule is c1ccc2c(CCN3CCCCC(N4CCCCCC4)C3)cccc2c1. The predicted molar refractivity (Wildman–Crippen MR) is 112 cm³/mol. The molecular weight excluding hydrogens is 316 g/mol. The molecule has 1 unspecified atom stereocenters. The van der Waals surface area contributed by atoms with Crippen molar-refractivity contribution in [2.75, 3.05) is 32.7 Å². The summed E-state index contributed by atoms with van der Waals surface area (Å²) in [5, 5.41) is 2.82. The van der Waals surface area contributed by atoms with E-state index in [0.717, 1.165) is 6.04 Å². The molecule has 0 aliphatic carbocycles. The van der Waals surface area contributed by atoms with Crippen molar-refractivity contribution >= 4 is 10.8 Å². The Balaban J connectivity index is 1.40. The molecule has 2 heteroatoms. The summed E-state index contributed by atoms with van der Waals surface area (Å²) in [7, 11) is 0. The molecule has 0 amide bonds. The van der Waals surface area contributed by atoms with Crippen molar-refractivity contribution in [1.29, 1.82) is 0 Å². The summed E-state index contributed by atoms with van der Waals surface area (Å²) < 4.78 is 0. The molecule has 1 atom stereocenters. The zero-order chi connectivity index (χ0) is 17.6. The lowest BCUT2D eigenvalue weighted by Gasteiger charge is -2.33. The number of benzene rings is 2. The molecular formula is C24H34N2. The quantitative estimate of drug-likeness (QED) is 0.756. The monoisotopic (exact) mass is 350 g/mol. The smallest absolute Gasteiger partial charge is 0.0223 e. The van der Waals surface area contributed by atoms with Crippen molar-refractivity contribution in [3.05, 3.63) is 48.0 Å². The van der Waals surface area contributed by atoms with Gasteiger partial charge in [0, 0.05) is 19.1 Å². The highest BCUT2D eigenvalue weighted by atomic mass is 15.2. The molecule has 26 heavy (non-hydrogen) atoms. The zero-order valence-corrected chi connectivity index (χ0v) is 16.2. The van der Waals surface area contributed by atoms with Gasteiger partial charge in [-0.2, -0.15) is 0 Å². The van der Waals surface area contributed by atoms with Gasteiger partial charge in [-0.1, -0.05) is 61.7 Å². The van der Waals surface area contributed by atoms with Gasteiger partial charge in [-0.25, -0.2) is 0 Å². The summed E-state index contributed by atoms with van der Waals surface area (Å²) >= 11 is 0. The topological polar surface area (TPSA) is 6.48 Å². The fourth-order valence-corrected chi connectivity index (χ4v) is 4.95. The van der Waals surface area contributed by atoms with Gasteiger partial charge in [-0.15, -0.1) is 0 Å². The minimum Gasteiger partial charge on any atom is -0.301 e. The maximum absolute atomic E-state index is 2.82. The number of hydrogen-bond acceptors (Lipinski definition) is 2. The third kappa shape index (κ3) is 4.47. The lowest BCUT2D eigenvalue weighted by molar-refractivity contribution is 0.150. The standard InChI is InChI=1S/C24H34N2/c1-2-7-18-26(17-6-1)23-13-5-8-16-25(20-23)19-15-22-12-9-11-21-10-3-4-14-24(21)22/h3-4,9-12,14,23H,1-2,5-8,13,15-20H2. The first-order valence-electron chi connectivity index (χ1n) is 10.8. The number of rotatable bonds is 4. The molecule has 0 N–H and O–H groups in total.